The minimum atomic E-state index is -0.549. The molecule has 3 aromatic rings. The van der Waals surface area contributed by atoms with Gasteiger partial charge in [-0.25, -0.2) is 9.37 Å². The van der Waals surface area contributed by atoms with Gasteiger partial charge in [0.2, 0.25) is 11.8 Å². The highest BCUT2D eigenvalue weighted by molar-refractivity contribution is 7.99. The van der Waals surface area contributed by atoms with Crippen LogP contribution in [0, 0.1) is 5.82 Å². The van der Waals surface area contributed by atoms with E-state index in [0.717, 1.165) is 11.8 Å². The third-order valence-electron chi connectivity index (χ3n) is 4.21. The fraction of sp³-hybridized carbons (Fsp3) is 0.200. The quantitative estimate of drug-likeness (QED) is 0.310. The summed E-state index contributed by atoms with van der Waals surface area (Å²) in [7, 11) is 0. The van der Waals surface area contributed by atoms with Gasteiger partial charge < -0.3 is 10.6 Å². The molecule has 10 heteroatoms. The van der Waals surface area contributed by atoms with Gasteiger partial charge in [0.25, 0.3) is 5.56 Å². The lowest BCUT2D eigenvalue weighted by molar-refractivity contribution is -0.118. The van der Waals surface area contributed by atoms with Gasteiger partial charge in [-0.1, -0.05) is 17.8 Å². The monoisotopic (exact) mass is 446 g/mol. The van der Waals surface area contributed by atoms with Gasteiger partial charge in [-0.15, -0.1) is 17.9 Å². The van der Waals surface area contributed by atoms with Crippen LogP contribution in [0.15, 0.2) is 58.3 Å². The lowest BCUT2D eigenvalue weighted by Gasteiger charge is -2.22. The molecule has 0 bridgehead atoms. The molecule has 0 aliphatic rings. The Morgan fingerprint density at radius 2 is 2.03 bits per heavy atom. The Bertz CT molecular complexity index is 1140. The Hall–Kier alpha value is -2.98. The molecular weight excluding hydrogens is 427 g/mol. The number of nitrogens with zero attached hydrogens (tertiary/aromatic N) is 3. The molecule has 0 fully saturated rings. The number of allylic oxidation sites excluding steroid dienone is 1. The molecule has 0 saturated heterocycles. The highest BCUT2D eigenvalue weighted by Crippen LogP contribution is 2.23. The molecule has 0 aliphatic heterocycles. The lowest BCUT2D eigenvalue weighted by atomic mass is 10.2. The number of primary amides is 1. The number of nitrogens with two attached hydrogens (primary N) is 1. The van der Waals surface area contributed by atoms with Gasteiger partial charge in [-0.3, -0.25) is 19.0 Å². The maximum atomic E-state index is 13.3. The zero-order chi connectivity index (χ0) is 21.7. The molecule has 2 N–H and O–H groups in total. The van der Waals surface area contributed by atoms with Crippen LogP contribution in [0.4, 0.5) is 10.1 Å². The largest absolute Gasteiger partial charge is 0.370 e. The maximum Gasteiger partial charge on any atom is 0.263 e. The number of fused-ring (bicyclic) bond motifs is 1. The molecule has 0 radical (unpaired) electrons. The molecule has 7 nitrogen and oxygen atoms in total. The van der Waals surface area contributed by atoms with Crippen molar-refractivity contribution in [2.24, 2.45) is 5.73 Å². The Morgan fingerprint density at radius 3 is 2.70 bits per heavy atom. The van der Waals surface area contributed by atoms with Gasteiger partial charge in [-0.05, 0) is 35.7 Å². The summed E-state index contributed by atoms with van der Waals surface area (Å²) in [6.07, 6.45) is 1.55. The molecule has 0 saturated carbocycles. The summed E-state index contributed by atoms with van der Waals surface area (Å²) < 4.78 is 14.7. The summed E-state index contributed by atoms with van der Waals surface area (Å²) in [5.41, 5.74) is 5.48. The lowest BCUT2D eigenvalue weighted by Crippen LogP contribution is -2.35. The molecule has 0 unspecified atom stereocenters. The van der Waals surface area contributed by atoms with Crippen molar-refractivity contribution in [3.05, 3.63) is 64.5 Å². The van der Waals surface area contributed by atoms with Crippen LogP contribution in [0.5, 0.6) is 0 Å². The first-order chi connectivity index (χ1) is 14.4. The van der Waals surface area contributed by atoms with Gasteiger partial charge in [-0.2, -0.15) is 0 Å². The van der Waals surface area contributed by atoms with E-state index in [1.165, 1.54) is 45.1 Å². The Morgan fingerprint density at radius 1 is 1.30 bits per heavy atom. The van der Waals surface area contributed by atoms with Crippen molar-refractivity contribution in [1.29, 1.82) is 0 Å². The van der Waals surface area contributed by atoms with E-state index in [4.69, 9.17) is 5.73 Å². The number of hydrogen-bond donors (Lipinski definition) is 1. The predicted molar refractivity (Wildman–Crippen MR) is 117 cm³/mol. The second-order valence-electron chi connectivity index (χ2n) is 6.27. The minimum absolute atomic E-state index is 0.0311. The molecule has 2 heterocycles. The fourth-order valence-electron chi connectivity index (χ4n) is 2.78. The van der Waals surface area contributed by atoms with E-state index in [1.807, 2.05) is 0 Å². The van der Waals surface area contributed by atoms with Crippen LogP contribution >= 0.6 is 23.1 Å². The molecule has 2 aromatic heterocycles. The van der Waals surface area contributed by atoms with Crippen LogP contribution < -0.4 is 16.2 Å². The highest BCUT2D eigenvalue weighted by atomic mass is 32.2. The molecular formula is C20H19FN4O3S2. The molecule has 3 rings (SSSR count). The number of benzene rings is 1. The van der Waals surface area contributed by atoms with Crippen molar-refractivity contribution in [3.8, 4) is 0 Å². The SMILES string of the molecule is C=CCn1c(SCC(=O)N(CCC(N)=O)c2ccc(F)cc2)nc2sccc2c1=O. The van der Waals surface area contributed by atoms with Crippen molar-refractivity contribution in [2.75, 3.05) is 17.2 Å². The zero-order valence-corrected chi connectivity index (χ0v) is 17.5. The van der Waals surface area contributed by atoms with Crippen LogP contribution in [0.1, 0.15) is 6.42 Å². The number of carbonyl (C=O) groups is 2. The summed E-state index contributed by atoms with van der Waals surface area (Å²) in [4.78, 5) is 43.3. The van der Waals surface area contributed by atoms with Gasteiger partial charge in [0, 0.05) is 25.2 Å². The smallest absolute Gasteiger partial charge is 0.263 e. The van der Waals surface area contributed by atoms with E-state index >= 15 is 0 Å². The van der Waals surface area contributed by atoms with Crippen molar-refractivity contribution in [3.63, 3.8) is 0 Å². The minimum Gasteiger partial charge on any atom is -0.370 e. The third-order valence-corrected chi connectivity index (χ3v) is 5.97. The number of hydrogen-bond acceptors (Lipinski definition) is 6. The molecule has 0 aliphatic carbocycles. The summed E-state index contributed by atoms with van der Waals surface area (Å²) in [6.45, 7) is 4.00. The second-order valence-corrected chi connectivity index (χ2v) is 8.10. The van der Waals surface area contributed by atoms with Crippen molar-refractivity contribution >= 4 is 50.8 Å². The van der Waals surface area contributed by atoms with Crippen LogP contribution in [-0.4, -0.2) is 33.7 Å². The molecule has 30 heavy (non-hydrogen) atoms. The van der Waals surface area contributed by atoms with Crippen LogP contribution in [-0.2, 0) is 16.1 Å². The topological polar surface area (TPSA) is 98.3 Å². The van der Waals surface area contributed by atoms with Gasteiger partial charge >= 0.3 is 0 Å². The fourth-order valence-corrected chi connectivity index (χ4v) is 4.47. The Labute approximate surface area is 180 Å². The second kappa shape index (κ2) is 9.68. The zero-order valence-electron chi connectivity index (χ0n) is 15.9. The maximum absolute atomic E-state index is 13.3. The van der Waals surface area contributed by atoms with E-state index in [0.29, 0.717) is 21.1 Å². The highest BCUT2D eigenvalue weighted by Gasteiger charge is 2.19. The standard InChI is InChI=1S/C20H19FN4O3S2/c1-2-9-25-19(28)15-8-11-29-18(15)23-20(25)30-12-17(27)24(10-7-16(22)26)14-5-3-13(21)4-6-14/h2-6,8,11H,1,7,9-10,12H2,(H2,22,26). The average molecular weight is 447 g/mol. The number of thiophene rings is 1. The summed E-state index contributed by atoms with van der Waals surface area (Å²) in [5.74, 6) is -1.33. The van der Waals surface area contributed by atoms with E-state index in [1.54, 1.807) is 17.5 Å². The number of halogens is 1. The number of aromatic nitrogens is 2. The predicted octanol–water partition coefficient (Wildman–Crippen LogP) is 2.78. The number of rotatable bonds is 9. The van der Waals surface area contributed by atoms with Crippen molar-refractivity contribution in [1.82, 2.24) is 9.55 Å². The average Bonchev–Trinajstić information content (AvgIpc) is 3.19. The Balaban J connectivity index is 1.84. The molecule has 0 atom stereocenters. The normalized spacial score (nSPS) is 10.8. The first-order valence-corrected chi connectivity index (χ1v) is 10.8. The number of carbonyl (C=O) groups excluding carboxylic acids is 2. The molecule has 2 amide bonds. The van der Waals surface area contributed by atoms with Crippen LogP contribution in [0.25, 0.3) is 10.2 Å². The summed E-state index contributed by atoms with van der Waals surface area (Å²) in [6, 6.07) is 7.11. The van der Waals surface area contributed by atoms with Crippen molar-refractivity contribution < 1.29 is 14.0 Å². The van der Waals surface area contributed by atoms with Gasteiger partial charge in [0.05, 0.1) is 11.1 Å². The number of anilines is 1. The van der Waals surface area contributed by atoms with E-state index in [9.17, 15) is 18.8 Å². The molecule has 156 valence electrons. The number of amides is 2. The first-order valence-electron chi connectivity index (χ1n) is 8.96. The number of thioether (sulfide) groups is 1. The van der Waals surface area contributed by atoms with Gasteiger partial charge in [0.1, 0.15) is 10.6 Å². The van der Waals surface area contributed by atoms with Crippen LogP contribution in [0.2, 0.25) is 0 Å². The van der Waals surface area contributed by atoms with Crippen molar-refractivity contribution in [2.45, 2.75) is 18.1 Å². The third kappa shape index (κ3) is 4.95. The van der Waals surface area contributed by atoms with E-state index in [2.05, 4.69) is 11.6 Å². The van der Waals surface area contributed by atoms with Gasteiger partial charge in [0.15, 0.2) is 5.16 Å². The molecule has 0 spiro atoms. The first kappa shape index (κ1) is 21.7. The summed E-state index contributed by atoms with van der Waals surface area (Å²) >= 11 is 2.46. The van der Waals surface area contributed by atoms with Crippen LogP contribution in [0.3, 0.4) is 0 Å². The van der Waals surface area contributed by atoms with E-state index < -0.39 is 11.7 Å². The molecule has 1 aromatic carbocycles. The Kier molecular flexibility index (Phi) is 7.01. The summed E-state index contributed by atoms with van der Waals surface area (Å²) in [5, 5.41) is 2.71. The van der Waals surface area contributed by atoms with E-state index in [-0.39, 0.29) is 36.7 Å².